The van der Waals surface area contributed by atoms with Gasteiger partial charge in [0.2, 0.25) is 12.7 Å². The highest BCUT2D eigenvalue weighted by molar-refractivity contribution is 6.00. The first-order valence-corrected chi connectivity index (χ1v) is 11.6. The molecule has 8 nitrogen and oxygen atoms in total. The number of hydrogen-bond acceptors (Lipinski definition) is 6. The zero-order chi connectivity index (χ0) is 25.1. The quantitative estimate of drug-likeness (QED) is 0.522. The summed E-state index contributed by atoms with van der Waals surface area (Å²) in [6, 6.07) is 17.4. The third-order valence-corrected chi connectivity index (χ3v) is 6.00. The van der Waals surface area contributed by atoms with Crippen molar-refractivity contribution in [2.45, 2.75) is 13.0 Å². The van der Waals surface area contributed by atoms with Crippen LogP contribution in [0.2, 0.25) is 0 Å². The Bertz CT molecular complexity index is 1320. The smallest absolute Gasteiger partial charge is 0.251 e. The number of carbonyl (C=O) groups excluding carboxylic acids is 2. The van der Waals surface area contributed by atoms with Crippen LogP contribution in [-0.2, 0) is 9.59 Å². The second-order valence-corrected chi connectivity index (χ2v) is 8.56. The summed E-state index contributed by atoms with van der Waals surface area (Å²) in [5.41, 5.74) is 3.09. The number of hydrogen-bond donors (Lipinski definition) is 1. The molecule has 0 fully saturated rings. The van der Waals surface area contributed by atoms with Gasteiger partial charge in [0.05, 0.1) is 0 Å². The van der Waals surface area contributed by atoms with Crippen molar-refractivity contribution >= 4 is 23.6 Å². The molecule has 5 rings (SSSR count). The zero-order valence-corrected chi connectivity index (χ0v) is 20.0. The van der Waals surface area contributed by atoms with Crippen molar-refractivity contribution in [1.82, 2.24) is 4.90 Å². The van der Waals surface area contributed by atoms with Crippen molar-refractivity contribution in [3.63, 3.8) is 0 Å². The summed E-state index contributed by atoms with van der Waals surface area (Å²) < 4.78 is 21.9. The number of carbonyl (C=O) groups is 2. The highest BCUT2D eigenvalue weighted by atomic mass is 16.7. The average Bonchev–Trinajstić information content (AvgIpc) is 3.36. The third-order valence-electron chi connectivity index (χ3n) is 6.00. The van der Waals surface area contributed by atoms with E-state index in [1.165, 1.54) is 11.0 Å². The van der Waals surface area contributed by atoms with Crippen LogP contribution in [0.3, 0.4) is 0 Å². The lowest BCUT2D eigenvalue weighted by atomic mass is 10.0. The van der Waals surface area contributed by atoms with Gasteiger partial charge in [-0.15, -0.1) is 0 Å². The molecule has 0 aliphatic carbocycles. The largest absolute Gasteiger partial charge is 0.486 e. The van der Waals surface area contributed by atoms with Crippen molar-refractivity contribution in [1.29, 1.82) is 0 Å². The molecule has 0 radical (unpaired) electrons. The summed E-state index contributed by atoms with van der Waals surface area (Å²) in [6.07, 6.45) is 3.13. The summed E-state index contributed by atoms with van der Waals surface area (Å²) in [7, 11) is 1.61. The Labute approximate surface area is 209 Å². The van der Waals surface area contributed by atoms with Gasteiger partial charge in [-0.25, -0.2) is 0 Å². The summed E-state index contributed by atoms with van der Waals surface area (Å²) >= 11 is 0. The SMILES string of the molecule is Cc1ccc([C@H](C(=O)Nc2ccc3c(c2)OCCO3)N(C)C(=O)/C=C/c2ccc3c(c2)OCO3)cc1. The lowest BCUT2D eigenvalue weighted by Gasteiger charge is -2.27. The first-order chi connectivity index (χ1) is 17.5. The molecule has 8 heteroatoms. The van der Waals surface area contributed by atoms with Crippen molar-refractivity contribution in [2.24, 2.45) is 0 Å². The molecule has 2 amide bonds. The van der Waals surface area contributed by atoms with E-state index in [-0.39, 0.29) is 18.6 Å². The van der Waals surface area contributed by atoms with Gasteiger partial charge in [0.15, 0.2) is 23.0 Å². The number of ether oxygens (including phenoxy) is 4. The van der Waals surface area contributed by atoms with Crippen LogP contribution in [0.25, 0.3) is 6.08 Å². The lowest BCUT2D eigenvalue weighted by molar-refractivity contribution is -0.133. The van der Waals surface area contributed by atoms with E-state index < -0.39 is 6.04 Å². The zero-order valence-electron chi connectivity index (χ0n) is 20.0. The molecule has 1 atom stereocenters. The Morgan fingerprint density at radius 2 is 1.53 bits per heavy atom. The number of rotatable bonds is 6. The van der Waals surface area contributed by atoms with E-state index in [0.29, 0.717) is 47.5 Å². The van der Waals surface area contributed by atoms with Gasteiger partial charge in [-0.05, 0) is 48.4 Å². The van der Waals surface area contributed by atoms with E-state index >= 15 is 0 Å². The lowest BCUT2D eigenvalue weighted by Crippen LogP contribution is -2.38. The molecule has 0 bridgehead atoms. The number of likely N-dealkylation sites (N-methyl/N-ethyl adjacent to an activating group) is 1. The molecule has 1 N–H and O–H groups in total. The Balaban J connectivity index is 1.37. The van der Waals surface area contributed by atoms with Crippen molar-refractivity contribution in [3.8, 4) is 23.0 Å². The maximum absolute atomic E-state index is 13.5. The van der Waals surface area contributed by atoms with Gasteiger partial charge in [0.1, 0.15) is 19.3 Å². The summed E-state index contributed by atoms with van der Waals surface area (Å²) in [4.78, 5) is 28.0. The van der Waals surface area contributed by atoms with Crippen molar-refractivity contribution < 1.29 is 28.5 Å². The van der Waals surface area contributed by atoms with Crippen molar-refractivity contribution in [3.05, 3.63) is 83.4 Å². The first kappa shape index (κ1) is 23.3. The monoisotopic (exact) mass is 486 g/mol. The molecule has 0 unspecified atom stereocenters. The van der Waals surface area contributed by atoms with Crippen LogP contribution in [0, 0.1) is 6.92 Å². The van der Waals surface area contributed by atoms with Gasteiger partial charge < -0.3 is 29.2 Å². The fraction of sp³-hybridized carbons (Fsp3) is 0.214. The number of amides is 2. The van der Waals surface area contributed by atoms with Gasteiger partial charge in [-0.3, -0.25) is 9.59 Å². The summed E-state index contributed by atoms with van der Waals surface area (Å²) in [6.45, 7) is 3.09. The highest BCUT2D eigenvalue weighted by Crippen LogP contribution is 2.34. The molecule has 2 aliphatic rings. The molecular weight excluding hydrogens is 460 g/mol. The Kier molecular flexibility index (Phi) is 6.49. The van der Waals surface area contributed by atoms with Crippen molar-refractivity contribution in [2.75, 3.05) is 32.4 Å². The highest BCUT2D eigenvalue weighted by Gasteiger charge is 2.28. The van der Waals surface area contributed by atoms with Gasteiger partial charge >= 0.3 is 0 Å². The Morgan fingerprint density at radius 1 is 0.861 bits per heavy atom. The topological polar surface area (TPSA) is 86.3 Å². The number of aryl methyl sites for hydroxylation is 1. The number of nitrogens with one attached hydrogen (secondary N) is 1. The molecule has 0 aromatic heterocycles. The molecule has 3 aromatic rings. The fourth-order valence-electron chi connectivity index (χ4n) is 4.06. The van der Waals surface area contributed by atoms with Crippen LogP contribution < -0.4 is 24.3 Å². The maximum Gasteiger partial charge on any atom is 0.251 e. The molecule has 0 saturated carbocycles. The second kappa shape index (κ2) is 10.0. The van der Waals surface area contributed by atoms with Crippen LogP contribution in [0.1, 0.15) is 22.7 Å². The van der Waals surface area contributed by atoms with E-state index in [4.69, 9.17) is 18.9 Å². The van der Waals surface area contributed by atoms with E-state index in [1.54, 1.807) is 43.5 Å². The Morgan fingerprint density at radius 3 is 2.33 bits per heavy atom. The van der Waals surface area contributed by atoms with Crippen LogP contribution in [-0.4, -0.2) is 43.8 Å². The van der Waals surface area contributed by atoms with Crippen LogP contribution in [0.5, 0.6) is 23.0 Å². The standard InChI is InChI=1S/C28H26N2O6/c1-18-3-7-20(8-4-18)27(28(32)29-21-9-11-22-25(16-21)34-14-13-33-22)30(2)26(31)12-6-19-5-10-23-24(15-19)36-17-35-23/h3-12,15-16,27H,13-14,17H2,1-2H3,(H,29,32)/b12-6+/t27-/m1/s1. The van der Waals surface area contributed by atoms with Crippen LogP contribution in [0.4, 0.5) is 5.69 Å². The average molecular weight is 487 g/mol. The predicted octanol–water partition coefficient (Wildman–Crippen LogP) is 4.35. The Hall–Kier alpha value is -4.46. The fourth-order valence-corrected chi connectivity index (χ4v) is 4.06. The molecule has 0 spiro atoms. The molecule has 2 aliphatic heterocycles. The maximum atomic E-state index is 13.5. The molecule has 3 aromatic carbocycles. The van der Waals surface area contributed by atoms with E-state index in [1.807, 2.05) is 37.3 Å². The molecule has 2 heterocycles. The number of fused-ring (bicyclic) bond motifs is 2. The number of benzene rings is 3. The van der Waals surface area contributed by atoms with Gasteiger partial charge in [-0.2, -0.15) is 0 Å². The van der Waals surface area contributed by atoms with Crippen LogP contribution in [0.15, 0.2) is 66.7 Å². The van der Waals surface area contributed by atoms with E-state index in [2.05, 4.69) is 5.32 Å². The minimum absolute atomic E-state index is 0.181. The minimum Gasteiger partial charge on any atom is -0.486 e. The van der Waals surface area contributed by atoms with Gasteiger partial charge in [0, 0.05) is 24.9 Å². The first-order valence-electron chi connectivity index (χ1n) is 11.6. The molecule has 184 valence electrons. The third kappa shape index (κ3) is 4.98. The van der Waals surface area contributed by atoms with Gasteiger partial charge in [0.25, 0.3) is 5.91 Å². The van der Waals surface area contributed by atoms with Crippen LogP contribution >= 0.6 is 0 Å². The van der Waals surface area contributed by atoms with Gasteiger partial charge in [-0.1, -0.05) is 35.9 Å². The summed E-state index contributed by atoms with van der Waals surface area (Å²) in [5, 5.41) is 2.92. The molecule has 36 heavy (non-hydrogen) atoms. The minimum atomic E-state index is -0.854. The second-order valence-electron chi connectivity index (χ2n) is 8.56. The summed E-state index contributed by atoms with van der Waals surface area (Å²) in [5.74, 6) is 1.84. The van der Waals surface area contributed by atoms with E-state index in [0.717, 1.165) is 11.1 Å². The van der Waals surface area contributed by atoms with E-state index in [9.17, 15) is 9.59 Å². The predicted molar refractivity (Wildman–Crippen MR) is 134 cm³/mol. The molecule has 0 saturated heterocycles. The normalized spacial score (nSPS) is 14.4. The number of anilines is 1. The number of nitrogens with zero attached hydrogens (tertiary/aromatic N) is 1. The molecular formula is C28H26N2O6.